The van der Waals surface area contributed by atoms with Crippen molar-refractivity contribution >= 4 is 11.8 Å². The van der Waals surface area contributed by atoms with Crippen LogP contribution in [0.5, 0.6) is 0 Å². The molecule has 6 heteroatoms. The Morgan fingerprint density at radius 3 is 2.34 bits per heavy atom. The zero-order chi connectivity index (χ0) is 20.6. The number of benzene rings is 2. The van der Waals surface area contributed by atoms with Crippen LogP contribution in [0.1, 0.15) is 24.5 Å². The second kappa shape index (κ2) is 10.2. The van der Waals surface area contributed by atoms with E-state index >= 15 is 0 Å². The molecular formula is C23H28FN3O2. The van der Waals surface area contributed by atoms with Gasteiger partial charge in [0.25, 0.3) is 0 Å². The Kier molecular flexibility index (Phi) is 7.36. The number of piperazine rings is 1. The van der Waals surface area contributed by atoms with Crippen LogP contribution in [0.4, 0.5) is 4.39 Å². The molecule has 0 radical (unpaired) electrons. The summed E-state index contributed by atoms with van der Waals surface area (Å²) >= 11 is 0. The van der Waals surface area contributed by atoms with Crippen LogP contribution in [-0.2, 0) is 22.6 Å². The molecule has 2 aromatic carbocycles. The van der Waals surface area contributed by atoms with E-state index < -0.39 is 6.04 Å². The van der Waals surface area contributed by atoms with E-state index in [0.717, 1.165) is 19.6 Å². The molecule has 1 aliphatic rings. The second-order valence-corrected chi connectivity index (χ2v) is 7.47. The molecule has 1 atom stereocenters. The van der Waals surface area contributed by atoms with Crippen molar-refractivity contribution in [2.24, 2.45) is 0 Å². The third-order valence-electron chi connectivity index (χ3n) is 5.26. The largest absolute Gasteiger partial charge is 0.345 e. The number of carbonyl (C=O) groups is 2. The minimum absolute atomic E-state index is 0.0661. The van der Waals surface area contributed by atoms with E-state index in [0.29, 0.717) is 25.1 Å². The van der Waals surface area contributed by atoms with Gasteiger partial charge in [-0.05, 0) is 30.5 Å². The number of nitrogens with one attached hydrogen (secondary N) is 1. The molecule has 154 valence electrons. The molecule has 5 nitrogen and oxygen atoms in total. The Morgan fingerprint density at radius 1 is 1.00 bits per heavy atom. The molecule has 3 rings (SSSR count). The number of amides is 2. The van der Waals surface area contributed by atoms with E-state index in [1.54, 1.807) is 25.1 Å². The molecule has 0 bridgehead atoms. The summed E-state index contributed by atoms with van der Waals surface area (Å²) in [4.78, 5) is 29.0. The van der Waals surface area contributed by atoms with Crippen molar-refractivity contribution in [1.82, 2.24) is 15.1 Å². The first-order valence-electron chi connectivity index (χ1n) is 10.1. The molecule has 0 saturated carbocycles. The summed E-state index contributed by atoms with van der Waals surface area (Å²) in [6.07, 6.45) is 0.473. The van der Waals surface area contributed by atoms with Gasteiger partial charge in [-0.2, -0.15) is 0 Å². The lowest BCUT2D eigenvalue weighted by Crippen LogP contribution is -2.53. The third-order valence-corrected chi connectivity index (χ3v) is 5.26. The topological polar surface area (TPSA) is 52.7 Å². The molecule has 1 fully saturated rings. The Morgan fingerprint density at radius 2 is 1.66 bits per heavy atom. The number of aryl methyl sites for hydroxylation is 1. The average molecular weight is 397 g/mol. The molecule has 1 heterocycles. The molecule has 1 N–H and O–H groups in total. The van der Waals surface area contributed by atoms with Gasteiger partial charge in [-0.3, -0.25) is 14.5 Å². The maximum atomic E-state index is 13.6. The molecule has 29 heavy (non-hydrogen) atoms. The lowest BCUT2D eigenvalue weighted by Gasteiger charge is -2.36. The zero-order valence-corrected chi connectivity index (χ0v) is 16.8. The predicted molar refractivity (Wildman–Crippen MR) is 111 cm³/mol. The summed E-state index contributed by atoms with van der Waals surface area (Å²) in [5.41, 5.74) is 1.78. The lowest BCUT2D eigenvalue weighted by molar-refractivity contribution is -0.137. The van der Waals surface area contributed by atoms with Gasteiger partial charge in [0, 0.05) is 39.1 Å². The first-order chi connectivity index (χ1) is 14.0. The quantitative estimate of drug-likeness (QED) is 0.781. The summed E-state index contributed by atoms with van der Waals surface area (Å²) in [5, 5.41) is 2.75. The van der Waals surface area contributed by atoms with Gasteiger partial charge in [0.1, 0.15) is 11.9 Å². The maximum Gasteiger partial charge on any atom is 0.244 e. The number of halogens is 1. The van der Waals surface area contributed by atoms with Crippen LogP contribution in [-0.4, -0.2) is 53.8 Å². The van der Waals surface area contributed by atoms with Gasteiger partial charge >= 0.3 is 0 Å². The van der Waals surface area contributed by atoms with Crippen molar-refractivity contribution in [2.45, 2.75) is 32.4 Å². The summed E-state index contributed by atoms with van der Waals surface area (Å²) < 4.78 is 13.6. The Hall–Kier alpha value is -2.73. The summed E-state index contributed by atoms with van der Waals surface area (Å²) in [5.74, 6) is -0.613. The molecule has 1 saturated heterocycles. The number of hydrogen-bond donors (Lipinski definition) is 1. The van der Waals surface area contributed by atoms with Gasteiger partial charge in [0.2, 0.25) is 11.8 Å². The minimum Gasteiger partial charge on any atom is -0.345 e. The van der Waals surface area contributed by atoms with E-state index in [1.165, 1.54) is 11.6 Å². The normalized spacial score (nSPS) is 15.7. The van der Waals surface area contributed by atoms with Crippen molar-refractivity contribution in [2.75, 3.05) is 26.2 Å². The van der Waals surface area contributed by atoms with Crippen molar-refractivity contribution in [1.29, 1.82) is 0 Å². The third kappa shape index (κ3) is 6.12. The van der Waals surface area contributed by atoms with Crippen molar-refractivity contribution in [3.8, 4) is 0 Å². The number of carbonyl (C=O) groups excluding carboxylic acids is 2. The van der Waals surface area contributed by atoms with Crippen LogP contribution in [0.3, 0.4) is 0 Å². The highest BCUT2D eigenvalue weighted by molar-refractivity contribution is 5.87. The zero-order valence-electron chi connectivity index (χ0n) is 16.8. The van der Waals surface area contributed by atoms with Crippen LogP contribution in [0, 0.1) is 5.82 Å². The maximum absolute atomic E-state index is 13.6. The van der Waals surface area contributed by atoms with Crippen LogP contribution >= 0.6 is 0 Å². The average Bonchev–Trinajstić information content (AvgIpc) is 2.74. The van der Waals surface area contributed by atoms with E-state index in [9.17, 15) is 14.0 Å². The summed E-state index contributed by atoms with van der Waals surface area (Å²) in [6.45, 7) is 5.52. The molecule has 2 aromatic rings. The SMILES string of the molecule is CC(NC(=O)CCc1ccccc1F)C(=O)N1CCN(Cc2ccccc2)CC1. The standard InChI is InChI=1S/C23H28FN3O2/c1-18(25-22(28)12-11-20-9-5-6-10-21(20)24)23(29)27-15-13-26(14-16-27)17-19-7-3-2-4-8-19/h2-10,18H,11-17H2,1H3,(H,25,28). The van der Waals surface area contributed by atoms with Crippen LogP contribution in [0.15, 0.2) is 54.6 Å². The van der Waals surface area contributed by atoms with E-state index in [-0.39, 0.29) is 24.1 Å². The fraction of sp³-hybridized carbons (Fsp3) is 0.391. The minimum atomic E-state index is -0.580. The summed E-state index contributed by atoms with van der Waals surface area (Å²) in [7, 11) is 0. The predicted octanol–water partition coefficient (Wildman–Crippen LogP) is 2.61. The Balaban J connectivity index is 1.41. The van der Waals surface area contributed by atoms with Crippen LogP contribution in [0.25, 0.3) is 0 Å². The Bertz CT molecular complexity index is 820. The molecular weight excluding hydrogens is 369 g/mol. The van der Waals surface area contributed by atoms with Gasteiger partial charge < -0.3 is 10.2 Å². The van der Waals surface area contributed by atoms with Gasteiger partial charge in [-0.15, -0.1) is 0 Å². The second-order valence-electron chi connectivity index (χ2n) is 7.47. The van der Waals surface area contributed by atoms with Crippen LogP contribution < -0.4 is 5.32 Å². The first-order valence-corrected chi connectivity index (χ1v) is 10.1. The fourth-order valence-corrected chi connectivity index (χ4v) is 3.57. The highest BCUT2D eigenvalue weighted by Crippen LogP contribution is 2.11. The lowest BCUT2D eigenvalue weighted by atomic mass is 10.1. The van der Waals surface area contributed by atoms with Crippen molar-refractivity contribution in [3.05, 3.63) is 71.5 Å². The van der Waals surface area contributed by atoms with Gasteiger partial charge in [-0.25, -0.2) is 4.39 Å². The first kappa shape index (κ1) is 21.0. The highest BCUT2D eigenvalue weighted by atomic mass is 19.1. The number of rotatable bonds is 7. The molecule has 0 spiro atoms. The molecule has 1 unspecified atom stereocenters. The highest BCUT2D eigenvalue weighted by Gasteiger charge is 2.25. The van der Waals surface area contributed by atoms with E-state index in [1.807, 2.05) is 23.1 Å². The molecule has 1 aliphatic heterocycles. The van der Waals surface area contributed by atoms with Crippen molar-refractivity contribution in [3.63, 3.8) is 0 Å². The van der Waals surface area contributed by atoms with Crippen LogP contribution in [0.2, 0.25) is 0 Å². The molecule has 0 aliphatic carbocycles. The van der Waals surface area contributed by atoms with E-state index in [4.69, 9.17) is 0 Å². The monoisotopic (exact) mass is 397 g/mol. The van der Waals surface area contributed by atoms with Crippen molar-refractivity contribution < 1.29 is 14.0 Å². The summed E-state index contributed by atoms with van der Waals surface area (Å²) in [6, 6.07) is 16.1. The van der Waals surface area contributed by atoms with Gasteiger partial charge in [-0.1, -0.05) is 48.5 Å². The van der Waals surface area contributed by atoms with Gasteiger partial charge in [0.15, 0.2) is 0 Å². The number of nitrogens with zero attached hydrogens (tertiary/aromatic N) is 2. The van der Waals surface area contributed by atoms with E-state index in [2.05, 4.69) is 22.3 Å². The molecule has 0 aromatic heterocycles. The number of hydrogen-bond acceptors (Lipinski definition) is 3. The Labute approximate surface area is 171 Å². The smallest absolute Gasteiger partial charge is 0.244 e. The van der Waals surface area contributed by atoms with Gasteiger partial charge in [0.05, 0.1) is 0 Å². The molecule has 2 amide bonds. The fourth-order valence-electron chi connectivity index (χ4n) is 3.57.